The van der Waals surface area contributed by atoms with Crippen LogP contribution in [-0.4, -0.2) is 17.1 Å². The average molecular weight is 356 g/mol. The highest BCUT2D eigenvalue weighted by molar-refractivity contribution is 8.93. The number of fused-ring (bicyclic) bond motifs is 1. The zero-order valence-corrected chi connectivity index (χ0v) is 11.9. The summed E-state index contributed by atoms with van der Waals surface area (Å²) >= 11 is 0. The Balaban J connectivity index is 0.000000640. The Morgan fingerprint density at radius 3 is 2.69 bits per heavy atom. The van der Waals surface area contributed by atoms with E-state index in [-0.39, 0.29) is 45.5 Å². The summed E-state index contributed by atoms with van der Waals surface area (Å²) in [6, 6.07) is 2.97. The lowest BCUT2D eigenvalue weighted by Gasteiger charge is -2.14. The number of nitrogens with zero attached hydrogens (tertiary/aromatic N) is 1. The van der Waals surface area contributed by atoms with Crippen LogP contribution in [0, 0.1) is 5.95 Å². The molecule has 0 unspecified atom stereocenters. The van der Waals surface area contributed by atoms with Crippen molar-refractivity contribution in [3.63, 3.8) is 0 Å². The van der Waals surface area contributed by atoms with E-state index in [1.807, 2.05) is 0 Å². The minimum Gasteiger partial charge on any atom is -0.485 e. The number of hydrogen-bond donors (Lipinski definition) is 1. The maximum Gasteiger partial charge on any atom is 0.213 e. The number of pyridine rings is 1. The van der Waals surface area contributed by atoms with E-state index in [1.165, 1.54) is 6.07 Å². The zero-order chi connectivity index (χ0) is 9.76. The highest BCUT2D eigenvalue weighted by Crippen LogP contribution is 2.56. The molecule has 3 rings (SSSR count). The first-order valence-electron chi connectivity index (χ1n) is 4.81. The van der Waals surface area contributed by atoms with E-state index >= 15 is 0 Å². The molecule has 1 aromatic rings. The lowest BCUT2D eigenvalue weighted by Crippen LogP contribution is -2.27. The Kier molecular flexibility index (Phi) is 3.97. The fraction of sp³-hybridized carbons (Fsp3) is 0.500. The number of halogens is 3. The smallest absolute Gasteiger partial charge is 0.213 e. The topological polar surface area (TPSA) is 48.1 Å². The molecule has 6 heteroatoms. The molecule has 1 aromatic heterocycles. The van der Waals surface area contributed by atoms with Gasteiger partial charge in [0.2, 0.25) is 5.95 Å². The highest BCUT2D eigenvalue weighted by Gasteiger charge is 2.57. The van der Waals surface area contributed by atoms with Gasteiger partial charge in [0, 0.05) is 6.54 Å². The highest BCUT2D eigenvalue weighted by atomic mass is 79.9. The molecule has 0 amide bonds. The van der Waals surface area contributed by atoms with Crippen LogP contribution in [0.4, 0.5) is 4.39 Å². The molecule has 1 saturated carbocycles. The van der Waals surface area contributed by atoms with Gasteiger partial charge in [-0.3, -0.25) is 0 Å². The van der Waals surface area contributed by atoms with Gasteiger partial charge < -0.3 is 10.5 Å². The fourth-order valence-corrected chi connectivity index (χ4v) is 2.21. The third-order valence-corrected chi connectivity index (χ3v) is 3.11. The summed E-state index contributed by atoms with van der Waals surface area (Å²) in [6.07, 6.45) is 2.01. The molecular formula is C10H13Br2FN2O. The van der Waals surface area contributed by atoms with Crippen molar-refractivity contribution in [3.8, 4) is 5.75 Å². The molecule has 2 N–H and O–H groups in total. The zero-order valence-electron chi connectivity index (χ0n) is 8.48. The Labute approximate surface area is 114 Å². The van der Waals surface area contributed by atoms with Gasteiger partial charge in [0.15, 0.2) is 0 Å². The van der Waals surface area contributed by atoms with Crippen LogP contribution in [0.2, 0.25) is 0 Å². The number of rotatable bonds is 1. The maximum atomic E-state index is 12.9. The van der Waals surface area contributed by atoms with Crippen molar-refractivity contribution in [2.45, 2.75) is 24.4 Å². The van der Waals surface area contributed by atoms with Crippen molar-refractivity contribution < 1.29 is 9.13 Å². The van der Waals surface area contributed by atoms with E-state index in [4.69, 9.17) is 10.5 Å². The number of nitrogens with two attached hydrogens (primary N) is 1. The molecule has 90 valence electrons. The third kappa shape index (κ3) is 1.87. The SMILES string of the molecule is Br.Br.NC[C@@H]1c2nc(F)ccc2OC12CC2. The van der Waals surface area contributed by atoms with Crippen LogP contribution in [0.5, 0.6) is 5.75 Å². The van der Waals surface area contributed by atoms with Crippen molar-refractivity contribution in [3.05, 3.63) is 23.8 Å². The van der Waals surface area contributed by atoms with Gasteiger partial charge in [0.1, 0.15) is 11.4 Å². The summed E-state index contributed by atoms with van der Waals surface area (Å²) in [5.74, 6) is 0.330. The van der Waals surface area contributed by atoms with Gasteiger partial charge in [-0.1, -0.05) is 0 Å². The summed E-state index contributed by atoms with van der Waals surface area (Å²) in [5.41, 5.74) is 6.23. The summed E-state index contributed by atoms with van der Waals surface area (Å²) in [7, 11) is 0. The predicted molar refractivity (Wildman–Crippen MR) is 69.2 cm³/mol. The van der Waals surface area contributed by atoms with Gasteiger partial charge in [-0.25, -0.2) is 4.98 Å². The molecule has 1 spiro atoms. The minimum atomic E-state index is -0.455. The lowest BCUT2D eigenvalue weighted by atomic mass is 9.98. The third-order valence-electron chi connectivity index (χ3n) is 3.11. The quantitative estimate of drug-likeness (QED) is 0.786. The van der Waals surface area contributed by atoms with Crippen LogP contribution < -0.4 is 10.5 Å². The number of aromatic nitrogens is 1. The molecule has 0 saturated heterocycles. The van der Waals surface area contributed by atoms with Gasteiger partial charge in [-0.05, 0) is 25.0 Å². The lowest BCUT2D eigenvalue weighted by molar-refractivity contribution is 0.184. The van der Waals surface area contributed by atoms with E-state index in [0.29, 0.717) is 18.0 Å². The summed E-state index contributed by atoms with van der Waals surface area (Å²) in [5, 5.41) is 0. The Morgan fingerprint density at radius 2 is 2.12 bits per heavy atom. The van der Waals surface area contributed by atoms with Crippen LogP contribution in [-0.2, 0) is 0 Å². The minimum absolute atomic E-state index is 0. The normalized spacial score (nSPS) is 22.8. The van der Waals surface area contributed by atoms with Gasteiger partial charge in [0.05, 0.1) is 11.6 Å². The molecule has 3 nitrogen and oxygen atoms in total. The maximum absolute atomic E-state index is 12.9. The second-order valence-corrected chi connectivity index (χ2v) is 3.97. The van der Waals surface area contributed by atoms with Crippen LogP contribution >= 0.6 is 34.0 Å². The Morgan fingerprint density at radius 1 is 1.44 bits per heavy atom. The molecule has 1 aliphatic heterocycles. The van der Waals surface area contributed by atoms with Crippen molar-refractivity contribution in [2.24, 2.45) is 5.73 Å². The molecule has 1 atom stereocenters. The van der Waals surface area contributed by atoms with Crippen molar-refractivity contribution in [1.82, 2.24) is 4.98 Å². The standard InChI is InChI=1S/C10H11FN2O.2BrH/c11-8-2-1-7-9(13-8)6(5-12)10(14-7)3-4-10;;/h1-2,6H,3-5,12H2;2*1H/t6-;;/m1../s1. The molecule has 0 bridgehead atoms. The Bertz CT molecular complexity index is 398. The molecular weight excluding hydrogens is 343 g/mol. The largest absolute Gasteiger partial charge is 0.485 e. The summed E-state index contributed by atoms with van der Waals surface area (Å²) in [4.78, 5) is 3.87. The average Bonchev–Trinajstić information content (AvgIpc) is 2.83. The first-order chi connectivity index (χ1) is 6.75. The molecule has 1 aliphatic carbocycles. The fourth-order valence-electron chi connectivity index (χ4n) is 2.21. The van der Waals surface area contributed by atoms with E-state index in [1.54, 1.807) is 6.07 Å². The summed E-state index contributed by atoms with van der Waals surface area (Å²) in [6.45, 7) is 0.476. The van der Waals surface area contributed by atoms with E-state index in [0.717, 1.165) is 12.8 Å². The first-order valence-corrected chi connectivity index (χ1v) is 4.81. The number of ether oxygens (including phenoxy) is 1. The molecule has 2 aliphatic rings. The van der Waals surface area contributed by atoms with E-state index < -0.39 is 5.95 Å². The summed E-state index contributed by atoms with van der Waals surface area (Å²) < 4.78 is 18.7. The number of hydrogen-bond acceptors (Lipinski definition) is 3. The van der Waals surface area contributed by atoms with Crippen LogP contribution in [0.3, 0.4) is 0 Å². The molecule has 16 heavy (non-hydrogen) atoms. The van der Waals surface area contributed by atoms with Gasteiger partial charge >= 0.3 is 0 Å². The van der Waals surface area contributed by atoms with Crippen molar-refractivity contribution >= 4 is 34.0 Å². The van der Waals surface area contributed by atoms with Gasteiger partial charge in [-0.15, -0.1) is 34.0 Å². The molecule has 1 fully saturated rings. The van der Waals surface area contributed by atoms with Crippen molar-refractivity contribution in [1.29, 1.82) is 0 Å². The molecule has 0 aromatic carbocycles. The van der Waals surface area contributed by atoms with E-state index in [2.05, 4.69) is 4.98 Å². The van der Waals surface area contributed by atoms with Gasteiger partial charge in [-0.2, -0.15) is 4.39 Å². The van der Waals surface area contributed by atoms with E-state index in [9.17, 15) is 4.39 Å². The van der Waals surface area contributed by atoms with Crippen LogP contribution in [0.15, 0.2) is 12.1 Å². The van der Waals surface area contributed by atoms with Gasteiger partial charge in [0.25, 0.3) is 0 Å². The van der Waals surface area contributed by atoms with Crippen LogP contribution in [0.1, 0.15) is 24.5 Å². The first kappa shape index (κ1) is 13.9. The molecule has 2 heterocycles. The second-order valence-electron chi connectivity index (χ2n) is 3.97. The molecule has 0 radical (unpaired) electrons. The monoisotopic (exact) mass is 354 g/mol. The second kappa shape index (κ2) is 4.58. The van der Waals surface area contributed by atoms with Crippen molar-refractivity contribution in [2.75, 3.05) is 6.54 Å². The Hall–Kier alpha value is -0.200. The predicted octanol–water partition coefficient (Wildman–Crippen LogP) is 2.34. The van der Waals surface area contributed by atoms with Crippen LogP contribution in [0.25, 0.3) is 0 Å².